The fraction of sp³-hybridized carbons (Fsp3) is 0.455. The lowest BCUT2D eigenvalue weighted by molar-refractivity contribution is -0.00445. The Balaban J connectivity index is 1.69. The molecule has 4 saturated heterocycles. The quantitative estimate of drug-likeness (QED) is 0.669. The first-order valence-electron chi connectivity index (χ1n) is 9.71. The molecule has 3 nitrogen and oxygen atoms in total. The van der Waals surface area contributed by atoms with Gasteiger partial charge in [0.2, 0.25) is 0 Å². The fourth-order valence-corrected chi connectivity index (χ4v) is 6.39. The van der Waals surface area contributed by atoms with Crippen LogP contribution in [0.4, 0.5) is 0 Å². The molecule has 5 heterocycles. The lowest BCUT2D eigenvalue weighted by Crippen LogP contribution is -2.72. The number of piperidine rings is 3. The topological polar surface area (TPSA) is 28.2 Å². The fourth-order valence-electron chi connectivity index (χ4n) is 5.76. The predicted molar refractivity (Wildman–Crippen MR) is 109 cm³/mol. The van der Waals surface area contributed by atoms with Gasteiger partial charge in [0, 0.05) is 35.8 Å². The molecule has 4 aliphatic heterocycles. The molecule has 3 unspecified atom stereocenters. The summed E-state index contributed by atoms with van der Waals surface area (Å²) >= 11 is 6.30. The minimum atomic E-state index is -0.106. The van der Waals surface area contributed by atoms with E-state index in [-0.39, 0.29) is 5.54 Å². The van der Waals surface area contributed by atoms with E-state index in [0.29, 0.717) is 12.0 Å². The van der Waals surface area contributed by atoms with Gasteiger partial charge in [-0.05, 0) is 61.5 Å². The average molecular weight is 364 g/mol. The van der Waals surface area contributed by atoms with E-state index in [4.69, 9.17) is 12.2 Å². The molecular weight excluding hydrogens is 338 g/mol. The summed E-state index contributed by atoms with van der Waals surface area (Å²) < 4.78 is 0. The Bertz CT molecular complexity index is 828. The van der Waals surface area contributed by atoms with Crippen molar-refractivity contribution in [1.82, 2.24) is 15.2 Å². The Morgan fingerprint density at radius 1 is 1.19 bits per heavy atom. The zero-order chi connectivity index (χ0) is 17.7. The summed E-state index contributed by atoms with van der Waals surface area (Å²) in [7, 11) is 0. The summed E-state index contributed by atoms with van der Waals surface area (Å²) in [5.41, 5.74) is 3.74. The number of aromatic nitrogens is 1. The molecule has 0 spiro atoms. The molecule has 0 radical (unpaired) electrons. The smallest absolute Gasteiger partial charge is 0.0807 e. The molecule has 4 aliphatic rings. The largest absolute Gasteiger partial charge is 0.311 e. The standard InChI is InChI=1S/C22H25N3S/c1-15-5-2-3-7-18(15)21(26)22-19(17-6-4-10-23-13-17)14-24-20(22)16-8-11-25(22)12-9-16/h2-7,10,13,16,19-20,24H,8-9,11-12,14H2,1H3. The van der Waals surface area contributed by atoms with Gasteiger partial charge in [0.25, 0.3) is 0 Å². The minimum Gasteiger partial charge on any atom is -0.311 e. The highest BCUT2D eigenvalue weighted by molar-refractivity contribution is 7.81. The van der Waals surface area contributed by atoms with Gasteiger partial charge in [-0.2, -0.15) is 0 Å². The van der Waals surface area contributed by atoms with Crippen LogP contribution in [0.2, 0.25) is 0 Å². The Hall–Kier alpha value is -1.62. The van der Waals surface area contributed by atoms with Gasteiger partial charge in [-0.25, -0.2) is 0 Å². The molecular formula is C22H25N3S. The molecule has 26 heavy (non-hydrogen) atoms. The molecule has 4 heteroatoms. The van der Waals surface area contributed by atoms with E-state index >= 15 is 0 Å². The zero-order valence-electron chi connectivity index (χ0n) is 15.2. The van der Waals surface area contributed by atoms with Crippen molar-refractivity contribution >= 4 is 17.1 Å². The van der Waals surface area contributed by atoms with Crippen LogP contribution in [0.3, 0.4) is 0 Å². The van der Waals surface area contributed by atoms with Crippen molar-refractivity contribution in [3.8, 4) is 0 Å². The van der Waals surface area contributed by atoms with Gasteiger partial charge in [-0.15, -0.1) is 0 Å². The molecule has 4 fully saturated rings. The van der Waals surface area contributed by atoms with E-state index in [1.54, 1.807) is 0 Å². The summed E-state index contributed by atoms with van der Waals surface area (Å²) in [5.74, 6) is 1.08. The third-order valence-electron chi connectivity index (χ3n) is 6.92. The molecule has 0 amide bonds. The maximum absolute atomic E-state index is 6.30. The van der Waals surface area contributed by atoms with Crippen LogP contribution in [0.15, 0.2) is 48.8 Å². The van der Waals surface area contributed by atoms with Crippen molar-refractivity contribution in [2.75, 3.05) is 19.6 Å². The van der Waals surface area contributed by atoms with Gasteiger partial charge in [-0.1, -0.05) is 42.5 Å². The zero-order valence-corrected chi connectivity index (χ0v) is 16.0. The number of nitrogens with zero attached hydrogens (tertiary/aromatic N) is 2. The monoisotopic (exact) mass is 363 g/mol. The van der Waals surface area contributed by atoms with Crippen LogP contribution in [-0.4, -0.2) is 46.0 Å². The number of rotatable bonds is 3. The van der Waals surface area contributed by atoms with Crippen LogP contribution in [0.5, 0.6) is 0 Å². The van der Waals surface area contributed by atoms with Gasteiger partial charge >= 0.3 is 0 Å². The number of fused-ring (bicyclic) bond motifs is 2. The van der Waals surface area contributed by atoms with Crippen LogP contribution in [-0.2, 0) is 0 Å². The lowest BCUT2D eigenvalue weighted by Gasteiger charge is -2.58. The van der Waals surface area contributed by atoms with E-state index in [1.165, 1.54) is 29.5 Å². The first-order chi connectivity index (χ1) is 12.7. The highest BCUT2D eigenvalue weighted by Gasteiger charge is 2.63. The Morgan fingerprint density at radius 2 is 2.00 bits per heavy atom. The summed E-state index contributed by atoms with van der Waals surface area (Å²) in [4.78, 5) is 8.25. The number of hydrogen-bond donors (Lipinski definition) is 1. The van der Waals surface area contributed by atoms with E-state index in [9.17, 15) is 0 Å². The number of aryl methyl sites for hydroxylation is 1. The molecule has 2 aromatic rings. The lowest BCUT2D eigenvalue weighted by atomic mass is 9.63. The Morgan fingerprint density at radius 3 is 2.73 bits per heavy atom. The molecule has 6 rings (SSSR count). The number of thiocarbonyl (C=S) groups is 1. The molecule has 3 atom stereocenters. The second-order valence-corrected chi connectivity index (χ2v) is 8.43. The van der Waals surface area contributed by atoms with Gasteiger partial charge in [-0.3, -0.25) is 9.88 Å². The summed E-state index contributed by atoms with van der Waals surface area (Å²) in [6.07, 6.45) is 6.48. The third kappa shape index (κ3) is 2.19. The second-order valence-electron chi connectivity index (χ2n) is 8.02. The van der Waals surface area contributed by atoms with Crippen molar-refractivity contribution in [2.45, 2.75) is 37.3 Å². The first-order valence-corrected chi connectivity index (χ1v) is 10.1. The number of pyridine rings is 1. The average Bonchev–Trinajstić information content (AvgIpc) is 3.13. The molecule has 2 bridgehead atoms. The maximum atomic E-state index is 6.30. The van der Waals surface area contributed by atoms with Crippen LogP contribution < -0.4 is 5.32 Å². The van der Waals surface area contributed by atoms with Gasteiger partial charge in [0.05, 0.1) is 5.54 Å². The normalized spacial score (nSPS) is 35.3. The van der Waals surface area contributed by atoms with E-state index in [0.717, 1.165) is 30.4 Å². The molecule has 1 aromatic heterocycles. The Kier molecular flexibility index (Phi) is 3.96. The van der Waals surface area contributed by atoms with Crippen molar-refractivity contribution in [3.63, 3.8) is 0 Å². The van der Waals surface area contributed by atoms with Gasteiger partial charge in [0.15, 0.2) is 0 Å². The number of hydrogen-bond acceptors (Lipinski definition) is 4. The second kappa shape index (κ2) is 6.22. The highest BCUT2D eigenvalue weighted by Crippen LogP contribution is 2.52. The summed E-state index contributed by atoms with van der Waals surface area (Å²) in [6, 6.07) is 13.4. The van der Waals surface area contributed by atoms with Gasteiger partial charge in [0.1, 0.15) is 0 Å². The number of nitrogens with one attached hydrogen (secondary N) is 1. The molecule has 1 N–H and O–H groups in total. The van der Waals surface area contributed by atoms with E-state index < -0.39 is 0 Å². The van der Waals surface area contributed by atoms with Crippen LogP contribution >= 0.6 is 12.2 Å². The molecule has 134 valence electrons. The molecule has 0 saturated carbocycles. The van der Waals surface area contributed by atoms with E-state index in [2.05, 4.69) is 58.5 Å². The molecule has 0 aliphatic carbocycles. The van der Waals surface area contributed by atoms with E-state index in [1.807, 2.05) is 12.4 Å². The number of benzene rings is 1. The van der Waals surface area contributed by atoms with Crippen molar-refractivity contribution in [2.24, 2.45) is 5.92 Å². The van der Waals surface area contributed by atoms with Crippen molar-refractivity contribution in [1.29, 1.82) is 0 Å². The predicted octanol–water partition coefficient (Wildman–Crippen LogP) is 3.33. The summed E-state index contributed by atoms with van der Waals surface area (Å²) in [5, 5.41) is 3.89. The Labute approximate surface area is 160 Å². The van der Waals surface area contributed by atoms with Crippen LogP contribution in [0, 0.1) is 12.8 Å². The SMILES string of the molecule is Cc1ccccc1C(=S)C12C(c3cccnc3)CNC1C1CCN2CC1. The molecule has 1 aromatic carbocycles. The first kappa shape index (κ1) is 16.5. The maximum Gasteiger partial charge on any atom is 0.0807 e. The minimum absolute atomic E-state index is 0.106. The highest BCUT2D eigenvalue weighted by atomic mass is 32.1. The van der Waals surface area contributed by atoms with Crippen LogP contribution in [0.25, 0.3) is 0 Å². The van der Waals surface area contributed by atoms with Crippen LogP contribution in [0.1, 0.15) is 35.4 Å². The third-order valence-corrected chi connectivity index (χ3v) is 7.47. The summed E-state index contributed by atoms with van der Waals surface area (Å²) in [6.45, 7) is 5.48. The van der Waals surface area contributed by atoms with Crippen molar-refractivity contribution in [3.05, 3.63) is 65.5 Å². The van der Waals surface area contributed by atoms with Crippen molar-refractivity contribution < 1.29 is 0 Å². The van der Waals surface area contributed by atoms with Gasteiger partial charge < -0.3 is 5.32 Å².